The van der Waals surface area contributed by atoms with Crippen molar-refractivity contribution < 1.29 is 24.2 Å². The summed E-state index contributed by atoms with van der Waals surface area (Å²) in [7, 11) is 1.61. The van der Waals surface area contributed by atoms with Crippen LogP contribution in [-0.4, -0.2) is 24.1 Å². The van der Waals surface area contributed by atoms with Crippen LogP contribution in [0.3, 0.4) is 0 Å². The average molecular weight is 501 g/mol. The van der Waals surface area contributed by atoms with Crippen molar-refractivity contribution in [3.8, 4) is 11.5 Å². The molecule has 7 nitrogen and oxygen atoms in total. The van der Waals surface area contributed by atoms with E-state index in [2.05, 4.69) is 24.0 Å². The van der Waals surface area contributed by atoms with E-state index in [-0.39, 0.29) is 31.4 Å². The highest BCUT2D eigenvalue weighted by atomic mass is 16.5. The highest BCUT2D eigenvalue weighted by Crippen LogP contribution is 2.26. The maximum atomic E-state index is 13.6. The number of carbonyl (C=O) groups excluding carboxylic acids is 1. The fourth-order valence-corrected chi connectivity index (χ4v) is 4.04. The molecule has 37 heavy (non-hydrogen) atoms. The molecule has 3 aromatic carbocycles. The molecule has 1 atom stereocenters. The molecular formula is C30H32N2O5. The molecular weight excluding hydrogens is 468 g/mol. The lowest BCUT2D eigenvalue weighted by atomic mass is 9.95. The van der Waals surface area contributed by atoms with Gasteiger partial charge in [-0.25, -0.2) is 4.85 Å². The molecule has 0 saturated carbocycles. The largest absolute Gasteiger partial charge is 0.497 e. The fraction of sp³-hybridized carbons (Fsp3) is 0.300. The zero-order chi connectivity index (χ0) is 26.8. The van der Waals surface area contributed by atoms with Crippen molar-refractivity contribution in [3.05, 3.63) is 100 Å². The number of ether oxygens (including phenoxy) is 2. The van der Waals surface area contributed by atoms with Gasteiger partial charge in [-0.3, -0.25) is 9.59 Å². The van der Waals surface area contributed by atoms with E-state index >= 15 is 0 Å². The van der Waals surface area contributed by atoms with Crippen LogP contribution in [-0.2, 0) is 17.8 Å². The van der Waals surface area contributed by atoms with E-state index in [0.717, 1.165) is 17.5 Å². The molecule has 3 aromatic rings. The highest BCUT2D eigenvalue weighted by molar-refractivity contribution is 5.96. The van der Waals surface area contributed by atoms with Crippen molar-refractivity contribution in [2.75, 3.05) is 7.11 Å². The fourth-order valence-electron chi connectivity index (χ4n) is 4.04. The van der Waals surface area contributed by atoms with Crippen LogP contribution in [0.15, 0.2) is 66.7 Å². The molecule has 3 rings (SSSR count). The van der Waals surface area contributed by atoms with Gasteiger partial charge in [0.2, 0.25) is 0 Å². The molecule has 1 amide bonds. The summed E-state index contributed by atoms with van der Waals surface area (Å²) in [6.45, 7) is 11.6. The Balaban J connectivity index is 1.87. The second kappa shape index (κ2) is 13.1. The smallest absolute Gasteiger partial charge is 0.303 e. The number of methoxy groups -OCH3 is 1. The number of aliphatic carboxylic acids is 1. The molecule has 2 N–H and O–H groups in total. The summed E-state index contributed by atoms with van der Waals surface area (Å²) in [6.07, 6.45) is 0.884. The van der Waals surface area contributed by atoms with Crippen LogP contribution in [0.25, 0.3) is 4.85 Å². The third-order valence-electron chi connectivity index (χ3n) is 5.89. The van der Waals surface area contributed by atoms with Gasteiger partial charge in [-0.2, -0.15) is 0 Å². The molecule has 192 valence electrons. The van der Waals surface area contributed by atoms with Crippen LogP contribution < -0.4 is 14.8 Å². The predicted octanol–water partition coefficient (Wildman–Crippen LogP) is 6.36. The first-order valence-electron chi connectivity index (χ1n) is 12.2. The number of carboxylic acids is 1. The zero-order valence-electron chi connectivity index (χ0n) is 21.4. The number of rotatable bonds is 12. The minimum Gasteiger partial charge on any atom is -0.497 e. The molecule has 0 saturated heterocycles. The van der Waals surface area contributed by atoms with Crippen LogP contribution in [0.4, 0.5) is 5.69 Å². The molecule has 0 aliphatic carbocycles. The number of hydrogen-bond donors (Lipinski definition) is 2. The molecule has 0 bridgehead atoms. The Bertz CT molecular complexity index is 1280. The highest BCUT2D eigenvalue weighted by Gasteiger charge is 2.20. The molecule has 0 spiro atoms. The van der Waals surface area contributed by atoms with E-state index in [1.807, 2.05) is 30.3 Å². The lowest BCUT2D eigenvalue weighted by Crippen LogP contribution is -2.30. The van der Waals surface area contributed by atoms with Gasteiger partial charge in [0, 0.05) is 12.0 Å². The van der Waals surface area contributed by atoms with Gasteiger partial charge >= 0.3 is 5.97 Å². The van der Waals surface area contributed by atoms with E-state index < -0.39 is 5.97 Å². The zero-order valence-corrected chi connectivity index (χ0v) is 21.4. The SMILES string of the molecule is [C-]#[N+]c1cccc(OCc2ccc(CCC(=O)O)c(C(=O)NC(CC(C)C)c3cccc(OC)c3)c2)c1. The molecule has 0 aliphatic heterocycles. The summed E-state index contributed by atoms with van der Waals surface area (Å²) in [4.78, 5) is 28.2. The van der Waals surface area contributed by atoms with Gasteiger partial charge < -0.3 is 19.9 Å². The van der Waals surface area contributed by atoms with Gasteiger partial charge in [0.1, 0.15) is 18.1 Å². The minimum atomic E-state index is -0.924. The van der Waals surface area contributed by atoms with Crippen LogP contribution in [0.2, 0.25) is 0 Å². The summed E-state index contributed by atoms with van der Waals surface area (Å²) in [5, 5.41) is 12.4. The van der Waals surface area contributed by atoms with Crippen molar-refractivity contribution in [2.45, 2.75) is 45.8 Å². The summed E-state index contributed by atoms with van der Waals surface area (Å²) >= 11 is 0. The number of carboxylic acid groups (broad SMARTS) is 1. The standard InChI is InChI=1S/C30H32N2O5/c1-20(2)15-28(23-7-5-9-25(17-23)36-4)32-30(35)27-16-21(11-12-22(27)13-14-29(33)34)19-37-26-10-6-8-24(18-26)31-3/h5-12,16-18,20,28H,13-15,19H2,1-2,4H3,(H,32,35)(H,33,34). The van der Waals surface area contributed by atoms with E-state index in [9.17, 15) is 14.7 Å². The van der Waals surface area contributed by atoms with E-state index in [0.29, 0.717) is 34.2 Å². The maximum absolute atomic E-state index is 13.6. The average Bonchev–Trinajstić information content (AvgIpc) is 2.90. The lowest BCUT2D eigenvalue weighted by molar-refractivity contribution is -0.136. The second-order valence-electron chi connectivity index (χ2n) is 9.22. The first kappa shape index (κ1) is 27.3. The number of carbonyl (C=O) groups is 2. The lowest BCUT2D eigenvalue weighted by Gasteiger charge is -2.23. The third kappa shape index (κ3) is 8.11. The van der Waals surface area contributed by atoms with E-state index in [4.69, 9.17) is 16.0 Å². The number of nitrogens with one attached hydrogen (secondary N) is 1. The van der Waals surface area contributed by atoms with Crippen LogP contribution in [0, 0.1) is 12.5 Å². The van der Waals surface area contributed by atoms with E-state index in [1.54, 1.807) is 43.5 Å². The normalized spacial score (nSPS) is 11.4. The van der Waals surface area contributed by atoms with Crippen molar-refractivity contribution in [3.63, 3.8) is 0 Å². The molecule has 0 radical (unpaired) electrons. The monoisotopic (exact) mass is 500 g/mol. The number of nitrogens with zero attached hydrogens (tertiary/aromatic N) is 1. The Morgan fingerprint density at radius 3 is 2.49 bits per heavy atom. The summed E-state index contributed by atoms with van der Waals surface area (Å²) in [5.74, 6) is 0.403. The molecule has 7 heteroatoms. The Labute approximate surface area is 217 Å². The number of amides is 1. The van der Waals surface area contributed by atoms with Gasteiger partial charge in [0.25, 0.3) is 5.91 Å². The second-order valence-corrected chi connectivity index (χ2v) is 9.22. The Kier molecular flexibility index (Phi) is 9.68. The molecule has 1 unspecified atom stereocenters. The van der Waals surface area contributed by atoms with Crippen molar-refractivity contribution in [1.82, 2.24) is 5.32 Å². The van der Waals surface area contributed by atoms with Gasteiger partial charge in [-0.15, -0.1) is 0 Å². The Morgan fingerprint density at radius 1 is 1.03 bits per heavy atom. The molecule has 0 heterocycles. The minimum absolute atomic E-state index is 0.0785. The molecule has 0 fully saturated rings. The van der Waals surface area contributed by atoms with Gasteiger partial charge in [0.05, 0.1) is 19.7 Å². The van der Waals surface area contributed by atoms with E-state index in [1.165, 1.54) is 0 Å². The first-order valence-corrected chi connectivity index (χ1v) is 12.2. The molecule has 0 aliphatic rings. The maximum Gasteiger partial charge on any atom is 0.303 e. The summed E-state index contributed by atoms with van der Waals surface area (Å²) < 4.78 is 11.2. The summed E-state index contributed by atoms with van der Waals surface area (Å²) in [5.41, 5.74) is 3.27. The van der Waals surface area contributed by atoms with Crippen molar-refractivity contribution in [1.29, 1.82) is 0 Å². The quantitative estimate of drug-likeness (QED) is 0.283. The molecule has 0 aromatic heterocycles. The van der Waals surface area contributed by atoms with Crippen molar-refractivity contribution >= 4 is 17.6 Å². The van der Waals surface area contributed by atoms with Crippen LogP contribution in [0.5, 0.6) is 11.5 Å². The number of benzene rings is 3. The Hall–Kier alpha value is -4.31. The van der Waals surface area contributed by atoms with Gasteiger partial charge in [-0.1, -0.05) is 50.2 Å². The van der Waals surface area contributed by atoms with Gasteiger partial charge in [-0.05, 0) is 65.8 Å². The Morgan fingerprint density at radius 2 is 1.78 bits per heavy atom. The van der Waals surface area contributed by atoms with Crippen LogP contribution in [0.1, 0.15) is 59.8 Å². The van der Waals surface area contributed by atoms with Crippen LogP contribution >= 0.6 is 0 Å². The number of aryl methyl sites for hydroxylation is 1. The number of hydrogen-bond acceptors (Lipinski definition) is 4. The van der Waals surface area contributed by atoms with Gasteiger partial charge in [0.15, 0.2) is 5.69 Å². The predicted molar refractivity (Wildman–Crippen MR) is 142 cm³/mol. The third-order valence-corrected chi connectivity index (χ3v) is 5.89. The summed E-state index contributed by atoms with van der Waals surface area (Å²) in [6, 6.07) is 19.7. The first-order chi connectivity index (χ1) is 17.8. The van der Waals surface area contributed by atoms with Crippen molar-refractivity contribution in [2.24, 2.45) is 5.92 Å². The topological polar surface area (TPSA) is 89.2 Å².